The molecule has 0 spiro atoms. The molecule has 12 rings (SSSR count). The van der Waals surface area contributed by atoms with Crippen LogP contribution in [0, 0.1) is 19.3 Å². The van der Waals surface area contributed by atoms with Crippen LogP contribution in [0.5, 0.6) is 0 Å². The maximum Gasteiger partial charge on any atom is 0.159 e. The van der Waals surface area contributed by atoms with E-state index in [2.05, 4.69) is 235 Å². The fraction of sp³-hybridized carbons (Fsp3) is 0.188. The van der Waals surface area contributed by atoms with Crippen molar-refractivity contribution in [2.24, 2.45) is 5.41 Å². The lowest BCUT2D eigenvalue weighted by atomic mass is 9.82. The SMILES string of the molecule is Cc1cccc(N(c2cccc3c2CC2=C3C=CC=C(C(C)(C)C)C2)c2ccc3ccc4c(N(c5cccc(C)c5)c5cccc6c5oc5c(C(C)(C)C)cccc56)ccc5ccc2c3c54)c1. The lowest BCUT2D eigenvalue weighted by Gasteiger charge is -2.31. The van der Waals surface area contributed by atoms with Gasteiger partial charge in [-0.15, -0.1) is 0 Å². The number of rotatable bonds is 6. The van der Waals surface area contributed by atoms with Crippen molar-refractivity contribution in [3.8, 4) is 0 Å². The van der Waals surface area contributed by atoms with Gasteiger partial charge in [-0.2, -0.15) is 0 Å². The van der Waals surface area contributed by atoms with E-state index in [4.69, 9.17) is 4.42 Å². The van der Waals surface area contributed by atoms with Crippen LogP contribution in [0.4, 0.5) is 34.1 Å². The molecule has 2 aliphatic rings. The van der Waals surface area contributed by atoms with E-state index in [1.54, 1.807) is 0 Å². The molecule has 0 amide bonds. The summed E-state index contributed by atoms with van der Waals surface area (Å²) in [6, 6.07) is 56.7. The highest BCUT2D eigenvalue weighted by atomic mass is 16.3. The van der Waals surface area contributed by atoms with Crippen molar-refractivity contribution in [2.75, 3.05) is 9.80 Å². The standard InChI is InChI=1S/C64H56N2O/c1-39-15-9-18-45(35-39)65(55-25-13-21-48-47-20-11-17-44(63(3,4)5)37-43(47)38-53(48)55)56-33-29-41-28-32-52-57(34-30-42-27-31-51(56)59(41)60(42)52)66(46-19-10-16-40(2)36-46)58-26-14-23-50-49-22-12-24-54(64(6,7)8)61(49)67-62(50)58/h9-36H,37-38H2,1-8H3. The molecule has 0 saturated carbocycles. The normalized spacial score (nSPS) is 14.1. The molecule has 328 valence electrons. The highest BCUT2D eigenvalue weighted by Gasteiger charge is 2.31. The van der Waals surface area contributed by atoms with Crippen LogP contribution >= 0.6 is 0 Å². The second-order valence-corrected chi connectivity index (χ2v) is 21.1. The van der Waals surface area contributed by atoms with Gasteiger partial charge < -0.3 is 14.2 Å². The van der Waals surface area contributed by atoms with E-state index in [1.807, 2.05) is 0 Å². The van der Waals surface area contributed by atoms with Crippen molar-refractivity contribution in [3.05, 3.63) is 209 Å². The number of hydrogen-bond acceptors (Lipinski definition) is 3. The van der Waals surface area contributed by atoms with Crippen molar-refractivity contribution < 1.29 is 4.42 Å². The lowest BCUT2D eigenvalue weighted by molar-refractivity contribution is 0.491. The van der Waals surface area contributed by atoms with Crippen LogP contribution in [0.25, 0.3) is 59.8 Å². The molecule has 67 heavy (non-hydrogen) atoms. The van der Waals surface area contributed by atoms with Gasteiger partial charge in [0.2, 0.25) is 0 Å². The molecular weight excluding hydrogens is 813 g/mol. The molecule has 1 heterocycles. The number of furan rings is 1. The molecule has 0 unspecified atom stereocenters. The summed E-state index contributed by atoms with van der Waals surface area (Å²) in [5.41, 5.74) is 19.4. The summed E-state index contributed by atoms with van der Waals surface area (Å²) in [7, 11) is 0. The third-order valence-corrected chi connectivity index (χ3v) is 14.6. The molecule has 0 atom stereocenters. The summed E-state index contributed by atoms with van der Waals surface area (Å²) in [4.78, 5) is 4.97. The Morgan fingerprint density at radius 2 is 1.03 bits per heavy atom. The van der Waals surface area contributed by atoms with Crippen LogP contribution in [-0.4, -0.2) is 0 Å². The van der Waals surface area contributed by atoms with Crippen molar-refractivity contribution >= 4 is 94.0 Å². The molecule has 0 N–H and O–H groups in total. The van der Waals surface area contributed by atoms with E-state index in [-0.39, 0.29) is 10.8 Å². The van der Waals surface area contributed by atoms with Crippen LogP contribution in [0.15, 0.2) is 185 Å². The third kappa shape index (κ3) is 6.61. The first-order valence-electron chi connectivity index (χ1n) is 23.9. The minimum atomic E-state index is -0.0784. The Bertz CT molecular complexity index is 3750. The first-order valence-corrected chi connectivity index (χ1v) is 23.9. The molecule has 3 heteroatoms. The van der Waals surface area contributed by atoms with Crippen molar-refractivity contribution in [1.29, 1.82) is 0 Å². The molecule has 0 aliphatic heterocycles. The first-order chi connectivity index (χ1) is 32.3. The fourth-order valence-corrected chi connectivity index (χ4v) is 11.2. The van der Waals surface area contributed by atoms with Crippen LogP contribution in [-0.2, 0) is 11.8 Å². The summed E-state index contributed by atoms with van der Waals surface area (Å²) in [5.74, 6) is 0. The van der Waals surface area contributed by atoms with Gasteiger partial charge in [-0.3, -0.25) is 0 Å². The molecule has 1 aromatic heterocycles. The van der Waals surface area contributed by atoms with Crippen LogP contribution in [0.3, 0.4) is 0 Å². The number of para-hydroxylation sites is 2. The Hall–Kier alpha value is -7.36. The number of benzene rings is 9. The van der Waals surface area contributed by atoms with Gasteiger partial charge in [0.1, 0.15) is 5.58 Å². The maximum atomic E-state index is 7.09. The molecular formula is C64H56N2O. The molecule has 0 fully saturated rings. The molecule has 0 saturated heterocycles. The Kier molecular flexibility index (Phi) is 9.25. The molecule has 2 aliphatic carbocycles. The summed E-state index contributed by atoms with van der Waals surface area (Å²) in [6.45, 7) is 18.2. The van der Waals surface area contributed by atoms with E-state index < -0.39 is 0 Å². The average Bonchev–Trinajstić information content (AvgIpc) is 3.78. The third-order valence-electron chi connectivity index (χ3n) is 14.6. The number of allylic oxidation sites excluding steroid dienone is 6. The van der Waals surface area contributed by atoms with E-state index in [1.165, 1.54) is 88.2 Å². The molecule has 9 aromatic carbocycles. The van der Waals surface area contributed by atoms with Gasteiger partial charge in [-0.05, 0) is 135 Å². The Labute approximate surface area is 394 Å². The van der Waals surface area contributed by atoms with Crippen LogP contribution in [0.1, 0.15) is 75.8 Å². The van der Waals surface area contributed by atoms with Gasteiger partial charge in [0.25, 0.3) is 0 Å². The largest absolute Gasteiger partial charge is 0.454 e. The quantitative estimate of drug-likeness (QED) is 0.155. The summed E-state index contributed by atoms with van der Waals surface area (Å²) >= 11 is 0. The molecule has 10 aromatic rings. The minimum absolute atomic E-state index is 0.0784. The van der Waals surface area contributed by atoms with Gasteiger partial charge in [-0.1, -0.05) is 174 Å². The number of anilines is 6. The lowest BCUT2D eigenvalue weighted by Crippen LogP contribution is -2.14. The Morgan fingerprint density at radius 1 is 0.478 bits per heavy atom. The summed E-state index contributed by atoms with van der Waals surface area (Å²) in [5, 5.41) is 9.69. The van der Waals surface area contributed by atoms with Crippen LogP contribution in [0.2, 0.25) is 0 Å². The van der Waals surface area contributed by atoms with Gasteiger partial charge in [0.05, 0.1) is 22.7 Å². The smallest absolute Gasteiger partial charge is 0.159 e. The van der Waals surface area contributed by atoms with E-state index in [0.29, 0.717) is 0 Å². The number of nitrogens with zero attached hydrogens (tertiary/aromatic N) is 2. The highest BCUT2D eigenvalue weighted by Crippen LogP contribution is 2.52. The number of fused-ring (bicyclic) bond motifs is 5. The van der Waals surface area contributed by atoms with Gasteiger partial charge in [-0.25, -0.2) is 0 Å². The molecule has 0 bridgehead atoms. The summed E-state index contributed by atoms with van der Waals surface area (Å²) in [6.07, 6.45) is 8.90. The average molecular weight is 869 g/mol. The second kappa shape index (κ2) is 15.1. The number of aryl methyl sites for hydroxylation is 2. The predicted molar refractivity (Wildman–Crippen MR) is 287 cm³/mol. The molecule has 0 radical (unpaired) electrons. The van der Waals surface area contributed by atoms with E-state index >= 15 is 0 Å². The Balaban J connectivity index is 1.08. The zero-order valence-electron chi connectivity index (χ0n) is 39.9. The van der Waals surface area contributed by atoms with Gasteiger partial charge >= 0.3 is 0 Å². The summed E-state index contributed by atoms with van der Waals surface area (Å²) < 4.78 is 7.09. The minimum Gasteiger partial charge on any atom is -0.454 e. The van der Waals surface area contributed by atoms with Crippen LogP contribution < -0.4 is 9.80 Å². The predicted octanol–water partition coefficient (Wildman–Crippen LogP) is 18.6. The maximum absolute atomic E-state index is 7.09. The van der Waals surface area contributed by atoms with Gasteiger partial charge in [0.15, 0.2) is 5.58 Å². The monoisotopic (exact) mass is 868 g/mol. The van der Waals surface area contributed by atoms with E-state index in [0.717, 1.165) is 57.5 Å². The van der Waals surface area contributed by atoms with E-state index in [9.17, 15) is 0 Å². The van der Waals surface area contributed by atoms with Crippen molar-refractivity contribution in [3.63, 3.8) is 0 Å². The van der Waals surface area contributed by atoms with Gasteiger partial charge in [0, 0.05) is 38.5 Å². The topological polar surface area (TPSA) is 19.6 Å². The van der Waals surface area contributed by atoms with Crippen molar-refractivity contribution in [1.82, 2.24) is 0 Å². The number of hydrogen-bond donors (Lipinski definition) is 0. The van der Waals surface area contributed by atoms with Crippen molar-refractivity contribution in [2.45, 2.75) is 73.6 Å². The highest BCUT2D eigenvalue weighted by molar-refractivity contribution is 6.28. The molecule has 3 nitrogen and oxygen atoms in total. The second-order valence-electron chi connectivity index (χ2n) is 21.1. The fourth-order valence-electron chi connectivity index (χ4n) is 11.2. The zero-order chi connectivity index (χ0) is 45.9. The Morgan fingerprint density at radius 3 is 1.64 bits per heavy atom. The zero-order valence-corrected chi connectivity index (χ0v) is 39.9. The first kappa shape index (κ1) is 41.1.